The molecule has 0 amide bonds. The van der Waals surface area contributed by atoms with Gasteiger partial charge in [-0.25, -0.2) is 14.4 Å². The van der Waals surface area contributed by atoms with Gasteiger partial charge in [-0.15, -0.1) is 0 Å². The first-order valence-corrected chi connectivity index (χ1v) is 8.44. The standard InChI is InChI=1S/C19H22O10/c1-4-5-9-27-19(24)16-12(28-14(10-20)17(22)25-2)7-6-8-13(16)29-15(11-21)18(23)26-3/h6-8,10-11,20-21H,4-5,9H2,1-3H3. The molecule has 0 spiro atoms. The van der Waals surface area contributed by atoms with Crippen molar-refractivity contribution in [2.45, 2.75) is 19.8 Å². The molecule has 0 aliphatic rings. The summed E-state index contributed by atoms with van der Waals surface area (Å²) >= 11 is 0. The number of hydrogen-bond donors (Lipinski definition) is 2. The first-order chi connectivity index (χ1) is 13.9. The zero-order chi connectivity index (χ0) is 21.8. The fourth-order valence-corrected chi connectivity index (χ4v) is 1.94. The molecular weight excluding hydrogens is 388 g/mol. The number of ether oxygens (including phenoxy) is 5. The Labute approximate surface area is 166 Å². The number of esters is 3. The summed E-state index contributed by atoms with van der Waals surface area (Å²) in [4.78, 5) is 35.9. The molecule has 0 aliphatic carbocycles. The van der Waals surface area contributed by atoms with Gasteiger partial charge in [-0.2, -0.15) is 0 Å². The lowest BCUT2D eigenvalue weighted by molar-refractivity contribution is -0.139. The maximum atomic E-state index is 12.6. The fourth-order valence-electron chi connectivity index (χ4n) is 1.94. The molecule has 0 saturated heterocycles. The number of carbonyl (C=O) groups is 3. The summed E-state index contributed by atoms with van der Waals surface area (Å²) in [6.45, 7) is 2.01. The van der Waals surface area contributed by atoms with Gasteiger partial charge < -0.3 is 33.9 Å². The molecule has 0 fully saturated rings. The maximum absolute atomic E-state index is 12.6. The van der Waals surface area contributed by atoms with E-state index in [-0.39, 0.29) is 23.7 Å². The summed E-state index contributed by atoms with van der Waals surface area (Å²) in [6, 6.07) is 3.98. The Balaban J connectivity index is 3.38. The zero-order valence-corrected chi connectivity index (χ0v) is 16.2. The van der Waals surface area contributed by atoms with Gasteiger partial charge in [0.05, 0.1) is 20.8 Å². The molecule has 29 heavy (non-hydrogen) atoms. The summed E-state index contributed by atoms with van der Waals surface area (Å²) < 4.78 is 24.6. The smallest absolute Gasteiger partial charge is 0.377 e. The highest BCUT2D eigenvalue weighted by atomic mass is 16.6. The van der Waals surface area contributed by atoms with Gasteiger partial charge in [-0.3, -0.25) is 0 Å². The predicted molar refractivity (Wildman–Crippen MR) is 98.3 cm³/mol. The quantitative estimate of drug-likeness (QED) is 0.194. The third kappa shape index (κ3) is 6.45. The van der Waals surface area contributed by atoms with Gasteiger partial charge in [0.25, 0.3) is 0 Å². The minimum absolute atomic E-state index is 0.0997. The van der Waals surface area contributed by atoms with E-state index in [1.165, 1.54) is 18.2 Å². The van der Waals surface area contributed by atoms with Crippen molar-refractivity contribution in [2.75, 3.05) is 20.8 Å². The van der Waals surface area contributed by atoms with Crippen LogP contribution in [0.15, 0.2) is 42.2 Å². The molecule has 0 radical (unpaired) electrons. The molecular formula is C19H22O10. The topological polar surface area (TPSA) is 138 Å². The molecule has 0 heterocycles. The Bertz CT molecular complexity index is 742. The van der Waals surface area contributed by atoms with Crippen molar-refractivity contribution in [3.8, 4) is 11.5 Å². The molecule has 0 bridgehead atoms. The molecule has 10 heteroatoms. The average molecular weight is 410 g/mol. The van der Waals surface area contributed by atoms with E-state index in [1.807, 2.05) is 6.92 Å². The Morgan fingerprint density at radius 3 is 1.79 bits per heavy atom. The summed E-state index contributed by atoms with van der Waals surface area (Å²) in [5.74, 6) is -4.57. The lowest BCUT2D eigenvalue weighted by Gasteiger charge is -2.16. The lowest BCUT2D eigenvalue weighted by atomic mass is 10.1. The Hall–Kier alpha value is -3.69. The number of methoxy groups -OCH3 is 2. The monoisotopic (exact) mass is 410 g/mol. The Morgan fingerprint density at radius 2 is 1.41 bits per heavy atom. The van der Waals surface area contributed by atoms with Crippen LogP contribution in [0.1, 0.15) is 30.1 Å². The van der Waals surface area contributed by atoms with Gasteiger partial charge in [0.1, 0.15) is 29.6 Å². The van der Waals surface area contributed by atoms with E-state index >= 15 is 0 Å². The SMILES string of the molecule is CCCCOC(=O)c1c(OC(=CO)C(=O)OC)cccc1OC(=CO)C(=O)OC. The van der Waals surface area contributed by atoms with E-state index in [1.54, 1.807) is 0 Å². The number of carbonyl (C=O) groups excluding carboxylic acids is 3. The molecule has 10 nitrogen and oxygen atoms in total. The highest BCUT2D eigenvalue weighted by Crippen LogP contribution is 2.32. The minimum Gasteiger partial charge on any atom is -0.511 e. The van der Waals surface area contributed by atoms with Crippen LogP contribution in [0.2, 0.25) is 0 Å². The third-order valence-electron chi connectivity index (χ3n) is 3.37. The zero-order valence-electron chi connectivity index (χ0n) is 16.2. The van der Waals surface area contributed by atoms with E-state index < -0.39 is 29.4 Å². The van der Waals surface area contributed by atoms with Crippen LogP contribution >= 0.6 is 0 Å². The number of benzene rings is 1. The van der Waals surface area contributed by atoms with Crippen LogP contribution < -0.4 is 9.47 Å². The molecule has 1 rings (SSSR count). The van der Waals surface area contributed by atoms with Crippen molar-refractivity contribution in [1.29, 1.82) is 0 Å². The van der Waals surface area contributed by atoms with Crippen LogP contribution in [-0.4, -0.2) is 48.9 Å². The second-order valence-corrected chi connectivity index (χ2v) is 5.29. The van der Waals surface area contributed by atoms with Crippen LogP contribution in [0.4, 0.5) is 0 Å². The highest BCUT2D eigenvalue weighted by molar-refractivity contribution is 5.97. The van der Waals surface area contributed by atoms with Crippen molar-refractivity contribution in [2.24, 2.45) is 0 Å². The first kappa shape index (κ1) is 23.3. The third-order valence-corrected chi connectivity index (χ3v) is 3.37. The summed E-state index contributed by atoms with van der Waals surface area (Å²) in [5.41, 5.74) is -0.296. The van der Waals surface area contributed by atoms with Crippen molar-refractivity contribution >= 4 is 17.9 Å². The van der Waals surface area contributed by atoms with Crippen molar-refractivity contribution in [3.05, 3.63) is 47.8 Å². The average Bonchev–Trinajstić information content (AvgIpc) is 2.74. The Kier molecular flexibility index (Phi) is 9.59. The van der Waals surface area contributed by atoms with Crippen molar-refractivity contribution in [3.63, 3.8) is 0 Å². The second kappa shape index (κ2) is 11.9. The normalized spacial score (nSPS) is 11.4. The number of aliphatic hydroxyl groups excluding tert-OH is 2. The van der Waals surface area contributed by atoms with Gasteiger partial charge >= 0.3 is 17.9 Å². The van der Waals surface area contributed by atoms with E-state index in [0.717, 1.165) is 20.6 Å². The van der Waals surface area contributed by atoms with Crippen LogP contribution in [0, 0.1) is 0 Å². The van der Waals surface area contributed by atoms with Gasteiger partial charge in [-0.05, 0) is 18.6 Å². The number of rotatable bonds is 10. The largest absolute Gasteiger partial charge is 0.511 e. The van der Waals surface area contributed by atoms with Crippen molar-refractivity contribution < 1.29 is 48.3 Å². The second-order valence-electron chi connectivity index (χ2n) is 5.29. The van der Waals surface area contributed by atoms with E-state index in [2.05, 4.69) is 9.47 Å². The number of hydrogen-bond acceptors (Lipinski definition) is 10. The van der Waals surface area contributed by atoms with Gasteiger partial charge in [0.2, 0.25) is 11.5 Å². The summed E-state index contributed by atoms with van der Waals surface area (Å²) in [6.07, 6.45) is 2.09. The van der Waals surface area contributed by atoms with Gasteiger partial charge in [0, 0.05) is 0 Å². The number of unbranched alkanes of at least 4 members (excludes halogenated alkanes) is 1. The molecule has 2 N–H and O–H groups in total. The molecule has 0 aromatic heterocycles. The molecule has 0 unspecified atom stereocenters. The predicted octanol–water partition coefficient (Wildman–Crippen LogP) is 2.55. The Morgan fingerprint density at radius 1 is 0.931 bits per heavy atom. The molecule has 0 atom stereocenters. The highest BCUT2D eigenvalue weighted by Gasteiger charge is 2.26. The molecule has 1 aromatic rings. The summed E-state index contributed by atoms with van der Waals surface area (Å²) in [5, 5.41) is 18.4. The van der Waals surface area contributed by atoms with Gasteiger partial charge in [0.15, 0.2) is 0 Å². The van der Waals surface area contributed by atoms with E-state index in [9.17, 15) is 24.6 Å². The minimum atomic E-state index is -1.00. The maximum Gasteiger partial charge on any atom is 0.377 e. The summed E-state index contributed by atoms with van der Waals surface area (Å²) in [7, 11) is 2.15. The molecule has 158 valence electrons. The fraction of sp³-hybridized carbons (Fsp3) is 0.316. The lowest BCUT2D eigenvalue weighted by Crippen LogP contribution is -2.16. The van der Waals surface area contributed by atoms with E-state index in [0.29, 0.717) is 18.9 Å². The molecule has 1 aromatic carbocycles. The first-order valence-electron chi connectivity index (χ1n) is 8.44. The van der Waals surface area contributed by atoms with Crippen molar-refractivity contribution in [1.82, 2.24) is 0 Å². The molecule has 0 aliphatic heterocycles. The van der Waals surface area contributed by atoms with Crippen LogP contribution in [0.3, 0.4) is 0 Å². The number of aliphatic hydroxyl groups is 2. The van der Waals surface area contributed by atoms with Crippen LogP contribution in [-0.2, 0) is 23.8 Å². The van der Waals surface area contributed by atoms with Gasteiger partial charge in [-0.1, -0.05) is 19.4 Å². The van der Waals surface area contributed by atoms with E-state index in [4.69, 9.17) is 14.2 Å². The molecule has 0 saturated carbocycles. The van der Waals surface area contributed by atoms with Crippen LogP contribution in [0.5, 0.6) is 11.5 Å². The van der Waals surface area contributed by atoms with Crippen LogP contribution in [0.25, 0.3) is 0 Å².